The fourth-order valence-electron chi connectivity index (χ4n) is 3.55. The van der Waals surface area contributed by atoms with Crippen LogP contribution in [-0.4, -0.2) is 61.3 Å². The van der Waals surface area contributed by atoms with Crippen molar-refractivity contribution in [2.24, 2.45) is 4.99 Å². The monoisotopic (exact) mass is 651 g/mol. The first-order chi connectivity index (χ1) is 20.7. The van der Waals surface area contributed by atoms with E-state index in [9.17, 15) is 24.0 Å². The number of carbonyl (C=O) groups is 5. The molecule has 0 saturated heterocycles. The van der Waals surface area contributed by atoms with Gasteiger partial charge in [-0.3, -0.25) is 25.0 Å². The molecule has 0 saturated carbocycles. The molecule has 0 bridgehead atoms. The minimum atomic E-state index is -0.868. The van der Waals surface area contributed by atoms with Crippen molar-refractivity contribution in [3.63, 3.8) is 0 Å². The van der Waals surface area contributed by atoms with Crippen molar-refractivity contribution in [2.75, 3.05) is 19.8 Å². The number of ether oxygens (including phenoxy) is 3. The van der Waals surface area contributed by atoms with Crippen molar-refractivity contribution >= 4 is 64.8 Å². The van der Waals surface area contributed by atoms with Crippen LogP contribution in [0.25, 0.3) is 0 Å². The Balaban J connectivity index is 2.15. The van der Waals surface area contributed by atoms with Crippen molar-refractivity contribution < 1.29 is 38.2 Å². The van der Waals surface area contributed by atoms with Gasteiger partial charge in [0.2, 0.25) is 11.9 Å². The normalized spacial score (nSPS) is 11.3. The Morgan fingerprint density at radius 1 is 0.886 bits per heavy atom. The lowest BCUT2D eigenvalue weighted by atomic mass is 10.0. The maximum absolute atomic E-state index is 12.9. The van der Waals surface area contributed by atoms with Gasteiger partial charge in [-0.05, 0) is 76.6 Å². The van der Waals surface area contributed by atoms with Crippen LogP contribution in [0.1, 0.15) is 63.0 Å². The fraction of sp³-hybridized carbons (Fsp3) is 0.379. The molecule has 44 heavy (non-hydrogen) atoms. The minimum Gasteiger partial charge on any atom is -0.460 e. The molecule has 0 spiro atoms. The van der Waals surface area contributed by atoms with Crippen LogP contribution in [0, 0.1) is 0 Å². The number of benzene rings is 2. The number of nitrogens with one attached hydrogen (secondary N) is 4. The lowest BCUT2D eigenvalue weighted by Crippen LogP contribution is -2.44. The van der Waals surface area contributed by atoms with Gasteiger partial charge >= 0.3 is 18.2 Å². The molecule has 0 aliphatic heterocycles. The zero-order chi connectivity index (χ0) is 32.9. The number of alkyl carbamates (subject to hydrolysis) is 2. The number of hydrogen-bond donors (Lipinski definition) is 4. The highest BCUT2D eigenvalue weighted by Gasteiger charge is 2.24. The maximum atomic E-state index is 12.9. The van der Waals surface area contributed by atoms with Crippen molar-refractivity contribution in [1.29, 1.82) is 0 Å². The Kier molecular flexibility index (Phi) is 13.9. The predicted molar refractivity (Wildman–Crippen MR) is 164 cm³/mol. The summed E-state index contributed by atoms with van der Waals surface area (Å²) in [6, 6.07) is 9.67. The van der Waals surface area contributed by atoms with E-state index in [1.807, 2.05) is 0 Å². The molecular weight excluding hydrogens is 617 g/mol. The average molecular weight is 653 g/mol. The van der Waals surface area contributed by atoms with Crippen molar-refractivity contribution in [2.45, 2.75) is 52.7 Å². The SMILES string of the molecule is CCOC(=O)NC(=Nc1cccc(C(=O)NCC(=O)NC(CC(=O)OC(C)(C)C)c2cc(Cl)cc(Cl)c2)c1)NC(=O)OCC. The van der Waals surface area contributed by atoms with Gasteiger partial charge in [0, 0.05) is 15.6 Å². The van der Waals surface area contributed by atoms with Crippen LogP contribution in [0.5, 0.6) is 0 Å². The zero-order valence-corrected chi connectivity index (χ0v) is 26.4. The lowest BCUT2D eigenvalue weighted by Gasteiger charge is -2.23. The molecule has 0 aromatic heterocycles. The van der Waals surface area contributed by atoms with Gasteiger partial charge in [-0.1, -0.05) is 29.3 Å². The molecule has 1 unspecified atom stereocenters. The van der Waals surface area contributed by atoms with E-state index in [2.05, 4.69) is 26.3 Å². The molecule has 2 aromatic rings. The number of halogens is 2. The van der Waals surface area contributed by atoms with Crippen molar-refractivity contribution in [1.82, 2.24) is 21.3 Å². The molecule has 0 heterocycles. The third-order valence-electron chi connectivity index (χ3n) is 5.16. The Bertz CT molecular complexity index is 1350. The zero-order valence-electron chi connectivity index (χ0n) is 24.9. The number of carbonyl (C=O) groups excluding carboxylic acids is 5. The molecule has 13 nitrogen and oxygen atoms in total. The fourth-order valence-corrected chi connectivity index (χ4v) is 4.09. The van der Waals surface area contributed by atoms with Crippen LogP contribution in [0.2, 0.25) is 10.0 Å². The Labute approximate surface area is 265 Å². The summed E-state index contributed by atoms with van der Waals surface area (Å²) in [6.07, 6.45) is -1.95. The summed E-state index contributed by atoms with van der Waals surface area (Å²) in [5, 5.41) is 10.4. The quantitative estimate of drug-likeness (QED) is 0.123. The van der Waals surface area contributed by atoms with Gasteiger partial charge in [0.1, 0.15) is 5.60 Å². The minimum absolute atomic E-state index is 0.0797. The number of rotatable bonds is 10. The summed E-state index contributed by atoms with van der Waals surface area (Å²) in [4.78, 5) is 66.2. The van der Waals surface area contributed by atoms with Crippen LogP contribution in [0.3, 0.4) is 0 Å². The highest BCUT2D eigenvalue weighted by atomic mass is 35.5. The van der Waals surface area contributed by atoms with Crippen LogP contribution < -0.4 is 21.3 Å². The second-order valence-corrected chi connectivity index (χ2v) is 10.9. The predicted octanol–water partition coefficient (Wildman–Crippen LogP) is 4.79. The largest absolute Gasteiger partial charge is 0.460 e. The molecule has 238 valence electrons. The van der Waals surface area contributed by atoms with E-state index in [-0.39, 0.29) is 36.8 Å². The summed E-state index contributed by atoms with van der Waals surface area (Å²) in [5.74, 6) is -2.08. The van der Waals surface area contributed by atoms with Crippen LogP contribution in [0.15, 0.2) is 47.5 Å². The second-order valence-electron chi connectivity index (χ2n) is 10.00. The molecule has 0 aliphatic carbocycles. The van der Waals surface area contributed by atoms with Crippen LogP contribution >= 0.6 is 23.2 Å². The first kappa shape index (κ1) is 35.8. The molecule has 4 amide bonds. The van der Waals surface area contributed by atoms with E-state index in [0.717, 1.165) is 0 Å². The molecule has 2 rings (SSSR count). The Morgan fingerprint density at radius 2 is 1.48 bits per heavy atom. The molecule has 1 atom stereocenters. The number of amides is 4. The van der Waals surface area contributed by atoms with Gasteiger partial charge in [0.25, 0.3) is 5.91 Å². The second kappa shape index (κ2) is 17.1. The van der Waals surface area contributed by atoms with E-state index in [1.54, 1.807) is 46.8 Å². The molecule has 4 N–H and O–H groups in total. The Morgan fingerprint density at radius 3 is 2.02 bits per heavy atom. The first-order valence-electron chi connectivity index (χ1n) is 13.5. The van der Waals surface area contributed by atoms with Crippen molar-refractivity contribution in [3.8, 4) is 0 Å². The summed E-state index contributed by atoms with van der Waals surface area (Å²) in [5.41, 5.74) is 0.0372. The van der Waals surface area contributed by atoms with Crippen molar-refractivity contribution in [3.05, 3.63) is 63.6 Å². The van der Waals surface area contributed by atoms with E-state index in [0.29, 0.717) is 15.6 Å². The topological polar surface area (TPSA) is 174 Å². The average Bonchev–Trinajstić information content (AvgIpc) is 2.90. The standard InChI is InChI=1S/C29H35Cl2N5O8/c1-6-42-27(40)35-26(36-28(41)43-7-2)33-21-10-8-9-17(13-21)25(39)32-16-23(37)34-22(15-24(38)44-29(3,4)5)18-11-19(30)14-20(31)12-18/h8-14,22H,6-7,15-16H2,1-5H3,(H,32,39)(H,34,37)(H2,33,35,36,40,41). The third kappa shape index (κ3) is 13.3. The lowest BCUT2D eigenvalue weighted by molar-refractivity contribution is -0.155. The summed E-state index contributed by atoms with van der Waals surface area (Å²) in [6.45, 7) is 8.09. The van der Waals surface area contributed by atoms with E-state index >= 15 is 0 Å². The summed E-state index contributed by atoms with van der Waals surface area (Å²) in [7, 11) is 0. The number of esters is 1. The summed E-state index contributed by atoms with van der Waals surface area (Å²) >= 11 is 12.3. The highest BCUT2D eigenvalue weighted by Crippen LogP contribution is 2.26. The number of nitrogens with zero attached hydrogens (tertiary/aromatic N) is 1. The van der Waals surface area contributed by atoms with Gasteiger partial charge in [-0.2, -0.15) is 0 Å². The van der Waals surface area contributed by atoms with Gasteiger partial charge in [0.05, 0.1) is 37.9 Å². The summed E-state index contributed by atoms with van der Waals surface area (Å²) < 4.78 is 15.0. The molecule has 0 radical (unpaired) electrons. The van der Waals surface area contributed by atoms with E-state index in [4.69, 9.17) is 37.4 Å². The molecule has 0 aliphatic rings. The van der Waals surface area contributed by atoms with Crippen LogP contribution in [-0.2, 0) is 23.8 Å². The molecule has 15 heteroatoms. The smallest absolute Gasteiger partial charge is 0.413 e. The highest BCUT2D eigenvalue weighted by molar-refractivity contribution is 6.34. The van der Waals surface area contributed by atoms with E-state index in [1.165, 1.54) is 30.3 Å². The van der Waals surface area contributed by atoms with Gasteiger partial charge in [-0.25, -0.2) is 14.6 Å². The van der Waals surface area contributed by atoms with E-state index < -0.39 is 48.2 Å². The van der Waals surface area contributed by atoms with Gasteiger partial charge in [-0.15, -0.1) is 0 Å². The third-order valence-corrected chi connectivity index (χ3v) is 5.60. The number of aliphatic imine (C=N–C) groups is 1. The number of hydrogen-bond acceptors (Lipinski definition) is 9. The number of guanidine groups is 1. The maximum Gasteiger partial charge on any atom is 0.413 e. The van der Waals surface area contributed by atoms with Crippen LogP contribution in [0.4, 0.5) is 15.3 Å². The van der Waals surface area contributed by atoms with Gasteiger partial charge < -0.3 is 24.8 Å². The Hall–Kier alpha value is -4.36. The molecule has 0 fully saturated rings. The van der Waals surface area contributed by atoms with Gasteiger partial charge in [0.15, 0.2) is 0 Å². The molecule has 2 aromatic carbocycles. The first-order valence-corrected chi connectivity index (χ1v) is 14.3. The molecular formula is C29H35Cl2N5O8.